The van der Waals surface area contributed by atoms with E-state index < -0.39 is 11.9 Å². The van der Waals surface area contributed by atoms with Crippen LogP contribution in [0, 0.1) is 0 Å². The monoisotopic (exact) mass is 404 g/mol. The first-order valence-electron chi connectivity index (χ1n) is 9.33. The number of aliphatic hydroxyl groups is 1. The number of aliphatic hydroxyl groups excluding tert-OH is 1. The van der Waals surface area contributed by atoms with Crippen molar-refractivity contribution in [2.75, 3.05) is 6.61 Å². The minimum Gasteiger partial charge on any atom is -0.390 e. The number of rotatable bonds is 9. The first kappa shape index (κ1) is 20.7. The van der Waals surface area contributed by atoms with Crippen LogP contribution in [-0.4, -0.2) is 34.3 Å². The van der Waals surface area contributed by atoms with Crippen LogP contribution in [0.5, 0.6) is 0 Å². The third-order valence-corrected chi connectivity index (χ3v) is 7.40. The van der Waals surface area contributed by atoms with Gasteiger partial charge in [-0.2, -0.15) is 0 Å². The van der Waals surface area contributed by atoms with Crippen molar-refractivity contribution in [2.24, 2.45) is 0 Å². The molecule has 146 valence electrons. The molecule has 0 spiro atoms. The normalized spacial score (nSPS) is 20.1. The molecule has 1 N–H and O–H groups in total. The zero-order valence-electron chi connectivity index (χ0n) is 15.9. The molecule has 2 atom stereocenters. The van der Waals surface area contributed by atoms with Crippen LogP contribution in [0.15, 0.2) is 60.7 Å². The maximum atomic E-state index is 10.7. The van der Waals surface area contributed by atoms with Crippen molar-refractivity contribution in [3.63, 3.8) is 0 Å². The summed E-state index contributed by atoms with van der Waals surface area (Å²) in [6, 6.07) is 21.0. The molecule has 0 aliphatic carbocycles. The zero-order valence-corrected chi connectivity index (χ0v) is 17.5. The second kappa shape index (κ2) is 9.99. The fraction of sp³-hybridized carbons (Fsp3) is 0.455. The van der Waals surface area contributed by atoms with E-state index in [0.717, 1.165) is 11.5 Å². The lowest BCUT2D eigenvalue weighted by Gasteiger charge is -2.24. The van der Waals surface area contributed by atoms with E-state index in [9.17, 15) is 5.11 Å². The van der Waals surface area contributed by atoms with Crippen LogP contribution in [-0.2, 0) is 21.0 Å². The highest BCUT2D eigenvalue weighted by Crippen LogP contribution is 2.35. The summed E-state index contributed by atoms with van der Waals surface area (Å²) in [5, 5.41) is 10.7. The van der Waals surface area contributed by atoms with Crippen LogP contribution in [0.3, 0.4) is 0 Å². The number of ether oxygens (including phenoxy) is 2. The number of hydrogen-bond acceptors (Lipinski definition) is 5. The van der Waals surface area contributed by atoms with Gasteiger partial charge in [0.05, 0.1) is 17.3 Å². The van der Waals surface area contributed by atoms with E-state index in [1.54, 1.807) is 0 Å². The van der Waals surface area contributed by atoms with Crippen molar-refractivity contribution in [2.45, 2.75) is 54.4 Å². The fourth-order valence-electron chi connectivity index (χ4n) is 2.96. The van der Waals surface area contributed by atoms with Gasteiger partial charge in [-0.25, -0.2) is 0 Å². The van der Waals surface area contributed by atoms with Gasteiger partial charge in [0.2, 0.25) is 0 Å². The Morgan fingerprint density at radius 3 is 1.93 bits per heavy atom. The Labute approximate surface area is 170 Å². The summed E-state index contributed by atoms with van der Waals surface area (Å²) < 4.78 is 11.7. The average molecular weight is 405 g/mol. The van der Waals surface area contributed by atoms with Crippen molar-refractivity contribution in [3.8, 4) is 0 Å². The van der Waals surface area contributed by atoms with Crippen LogP contribution in [0.25, 0.3) is 0 Å². The molecule has 0 aromatic heterocycles. The summed E-state index contributed by atoms with van der Waals surface area (Å²) in [6.45, 7) is 4.24. The van der Waals surface area contributed by atoms with Crippen LogP contribution < -0.4 is 0 Å². The molecule has 27 heavy (non-hydrogen) atoms. The lowest BCUT2D eigenvalue weighted by Crippen LogP contribution is -2.32. The van der Waals surface area contributed by atoms with Gasteiger partial charge in [-0.05, 0) is 31.4 Å². The molecule has 2 aromatic carbocycles. The molecule has 0 amide bonds. The van der Waals surface area contributed by atoms with Crippen LogP contribution in [0.4, 0.5) is 0 Å². The topological polar surface area (TPSA) is 38.7 Å². The second-order valence-corrected chi connectivity index (χ2v) is 9.87. The molecule has 1 aliphatic heterocycles. The quantitative estimate of drug-likeness (QED) is 0.590. The molecule has 1 aliphatic rings. The molecule has 2 aromatic rings. The van der Waals surface area contributed by atoms with Crippen molar-refractivity contribution in [1.82, 2.24) is 0 Å². The predicted octanol–water partition coefficient (Wildman–Crippen LogP) is 5.08. The molecule has 1 saturated heterocycles. The highest BCUT2D eigenvalue weighted by molar-refractivity contribution is 8.16. The summed E-state index contributed by atoms with van der Waals surface area (Å²) in [6.07, 6.45) is -0.0977. The highest BCUT2D eigenvalue weighted by Gasteiger charge is 2.37. The summed E-state index contributed by atoms with van der Waals surface area (Å²) in [4.78, 5) is 0. The minimum atomic E-state index is -0.602. The Hall–Kier alpha value is -0.980. The molecule has 0 unspecified atom stereocenters. The predicted molar refractivity (Wildman–Crippen MR) is 115 cm³/mol. The van der Waals surface area contributed by atoms with Gasteiger partial charge in [0, 0.05) is 11.5 Å². The third-order valence-electron chi connectivity index (χ3n) is 4.45. The Bertz CT molecular complexity index is 635. The molecule has 0 bridgehead atoms. The van der Waals surface area contributed by atoms with Gasteiger partial charge >= 0.3 is 0 Å². The van der Waals surface area contributed by atoms with E-state index >= 15 is 0 Å². The SMILES string of the molecule is CC1(C)OC[C@@H]([C@H](O)CC(SCc2ccccc2)SCc2ccccc2)O1. The average Bonchev–Trinajstić information content (AvgIpc) is 3.05. The fourth-order valence-corrected chi connectivity index (χ4v) is 5.57. The maximum absolute atomic E-state index is 10.7. The van der Waals surface area contributed by atoms with Crippen molar-refractivity contribution >= 4 is 23.5 Å². The van der Waals surface area contributed by atoms with Gasteiger partial charge in [0.25, 0.3) is 0 Å². The second-order valence-electron chi connectivity index (χ2n) is 7.19. The lowest BCUT2D eigenvalue weighted by molar-refractivity contribution is -0.151. The van der Waals surface area contributed by atoms with Gasteiger partial charge in [0.1, 0.15) is 6.10 Å². The largest absolute Gasteiger partial charge is 0.390 e. The van der Waals surface area contributed by atoms with E-state index in [1.165, 1.54) is 11.1 Å². The maximum Gasteiger partial charge on any atom is 0.163 e. The molecule has 0 saturated carbocycles. The van der Waals surface area contributed by atoms with Crippen molar-refractivity contribution in [1.29, 1.82) is 0 Å². The number of hydrogen-bond donors (Lipinski definition) is 1. The van der Waals surface area contributed by atoms with Crippen LogP contribution >= 0.6 is 23.5 Å². The van der Waals surface area contributed by atoms with Gasteiger partial charge in [-0.15, -0.1) is 23.5 Å². The van der Waals surface area contributed by atoms with E-state index in [-0.39, 0.29) is 10.7 Å². The Kier molecular flexibility index (Phi) is 7.67. The first-order valence-corrected chi connectivity index (χ1v) is 11.4. The Morgan fingerprint density at radius 1 is 0.963 bits per heavy atom. The van der Waals surface area contributed by atoms with Crippen molar-refractivity contribution in [3.05, 3.63) is 71.8 Å². The molecule has 1 heterocycles. The summed E-state index contributed by atoms with van der Waals surface area (Å²) in [7, 11) is 0. The smallest absolute Gasteiger partial charge is 0.163 e. The number of benzene rings is 2. The molecule has 0 radical (unpaired) electrons. The highest BCUT2D eigenvalue weighted by atomic mass is 32.2. The zero-order chi connectivity index (χ0) is 19.1. The lowest BCUT2D eigenvalue weighted by atomic mass is 10.1. The standard InChI is InChI=1S/C22H28O3S2/c1-22(2)24-14-20(25-22)19(23)13-21(26-15-17-9-5-3-6-10-17)27-16-18-11-7-4-8-12-18/h3-12,19-21,23H,13-16H2,1-2H3/t19-,20+/m1/s1. The Morgan fingerprint density at radius 2 is 1.48 bits per heavy atom. The molecule has 3 nitrogen and oxygen atoms in total. The molecule has 3 rings (SSSR count). The molecular weight excluding hydrogens is 376 g/mol. The van der Waals surface area contributed by atoms with Gasteiger partial charge < -0.3 is 14.6 Å². The summed E-state index contributed by atoms with van der Waals surface area (Å²) >= 11 is 3.77. The van der Waals surface area contributed by atoms with E-state index in [2.05, 4.69) is 48.5 Å². The van der Waals surface area contributed by atoms with E-state index in [0.29, 0.717) is 13.0 Å². The van der Waals surface area contributed by atoms with E-state index in [1.807, 2.05) is 49.5 Å². The Balaban J connectivity index is 1.57. The van der Waals surface area contributed by atoms with Gasteiger partial charge in [0.15, 0.2) is 5.79 Å². The van der Waals surface area contributed by atoms with Gasteiger partial charge in [-0.3, -0.25) is 0 Å². The summed E-state index contributed by atoms with van der Waals surface area (Å²) in [5.74, 6) is 1.27. The van der Waals surface area contributed by atoms with Gasteiger partial charge in [-0.1, -0.05) is 60.7 Å². The van der Waals surface area contributed by atoms with Crippen LogP contribution in [0.1, 0.15) is 31.4 Å². The minimum absolute atomic E-state index is 0.253. The van der Waals surface area contributed by atoms with Crippen molar-refractivity contribution < 1.29 is 14.6 Å². The summed E-state index contributed by atoms with van der Waals surface area (Å²) in [5.41, 5.74) is 2.62. The van der Waals surface area contributed by atoms with Crippen LogP contribution in [0.2, 0.25) is 0 Å². The molecule has 1 fully saturated rings. The first-order chi connectivity index (χ1) is 13.0. The molecular formula is C22H28O3S2. The van der Waals surface area contributed by atoms with E-state index in [4.69, 9.17) is 9.47 Å². The third kappa shape index (κ3) is 6.84. The molecule has 5 heteroatoms. The number of thioether (sulfide) groups is 2.